The van der Waals surface area contributed by atoms with E-state index in [0.29, 0.717) is 5.92 Å². The summed E-state index contributed by atoms with van der Waals surface area (Å²) < 4.78 is 1.96. The van der Waals surface area contributed by atoms with Gasteiger partial charge in [0, 0.05) is 38.6 Å². The van der Waals surface area contributed by atoms with Crippen molar-refractivity contribution in [2.45, 2.75) is 33.2 Å². The van der Waals surface area contributed by atoms with Crippen LogP contribution >= 0.6 is 11.8 Å². The maximum Gasteiger partial charge on any atom is 0.191 e. The van der Waals surface area contributed by atoms with Gasteiger partial charge in [-0.15, -0.1) is 0 Å². The fourth-order valence-corrected chi connectivity index (χ4v) is 2.45. The number of nitrogens with one attached hydrogen (secondary N) is 2. The van der Waals surface area contributed by atoms with Crippen LogP contribution in [-0.4, -0.2) is 47.4 Å². The molecule has 0 bridgehead atoms. The molecule has 0 aliphatic carbocycles. The lowest BCUT2D eigenvalue weighted by atomic mass is 10.2. The zero-order valence-electron chi connectivity index (χ0n) is 13.5. The van der Waals surface area contributed by atoms with Crippen LogP contribution in [0.1, 0.15) is 26.7 Å². The summed E-state index contributed by atoms with van der Waals surface area (Å²) in [5.74, 6) is 2.63. The number of aliphatic imine (C=N–C) groups is 1. The summed E-state index contributed by atoms with van der Waals surface area (Å²) in [6.07, 6.45) is 8.41. The van der Waals surface area contributed by atoms with Gasteiger partial charge in [-0.05, 0) is 43.8 Å². The summed E-state index contributed by atoms with van der Waals surface area (Å²) in [7, 11) is 0. The van der Waals surface area contributed by atoms with Crippen molar-refractivity contribution < 1.29 is 0 Å². The molecule has 0 aliphatic heterocycles. The monoisotopic (exact) mass is 311 g/mol. The summed E-state index contributed by atoms with van der Waals surface area (Å²) in [6.45, 7) is 7.89. The first-order valence-corrected chi connectivity index (χ1v) is 9.14. The van der Waals surface area contributed by atoms with Crippen LogP contribution in [0.25, 0.3) is 0 Å². The number of unbranched alkanes of at least 4 members (excludes halogenated alkanes) is 1. The fourth-order valence-electron chi connectivity index (χ4n) is 1.95. The molecule has 0 spiro atoms. The van der Waals surface area contributed by atoms with Crippen molar-refractivity contribution >= 4 is 17.7 Å². The van der Waals surface area contributed by atoms with E-state index in [9.17, 15) is 0 Å². The quantitative estimate of drug-likeness (QED) is 0.395. The molecule has 0 aliphatic rings. The topological polar surface area (TPSA) is 54.2 Å². The molecule has 21 heavy (non-hydrogen) atoms. The minimum absolute atomic E-state index is 0.469. The number of aromatic nitrogens is 2. The Morgan fingerprint density at radius 1 is 1.38 bits per heavy atom. The Kier molecular flexibility index (Phi) is 9.78. The van der Waals surface area contributed by atoms with E-state index in [1.807, 2.05) is 34.9 Å². The Labute approximate surface area is 133 Å². The smallest absolute Gasteiger partial charge is 0.191 e. The van der Waals surface area contributed by atoms with E-state index >= 15 is 0 Å². The number of thioether (sulfide) groups is 1. The van der Waals surface area contributed by atoms with Crippen molar-refractivity contribution in [3.63, 3.8) is 0 Å². The van der Waals surface area contributed by atoms with Crippen LogP contribution in [0, 0.1) is 5.92 Å². The molecule has 1 heterocycles. The van der Waals surface area contributed by atoms with Gasteiger partial charge in [0.15, 0.2) is 5.96 Å². The molecule has 6 heteroatoms. The Bertz CT molecular complexity index is 377. The van der Waals surface area contributed by atoms with Gasteiger partial charge in [-0.2, -0.15) is 16.9 Å². The normalized spacial score (nSPS) is 13.2. The predicted octanol–water partition coefficient (Wildman–Crippen LogP) is 2.22. The molecule has 5 nitrogen and oxygen atoms in total. The first kappa shape index (κ1) is 17.9. The van der Waals surface area contributed by atoms with Crippen LogP contribution < -0.4 is 10.6 Å². The molecule has 0 amide bonds. The Balaban J connectivity index is 2.29. The lowest BCUT2D eigenvalue weighted by Crippen LogP contribution is -2.38. The molecule has 0 saturated carbocycles. The summed E-state index contributed by atoms with van der Waals surface area (Å²) in [4.78, 5) is 4.66. The highest BCUT2D eigenvalue weighted by atomic mass is 32.2. The second kappa shape index (κ2) is 11.5. The summed E-state index contributed by atoms with van der Waals surface area (Å²) in [5, 5.41) is 10.9. The molecule has 0 saturated heterocycles. The van der Waals surface area contributed by atoms with Gasteiger partial charge in [0.25, 0.3) is 0 Å². The van der Waals surface area contributed by atoms with Crippen molar-refractivity contribution in [1.82, 2.24) is 20.4 Å². The third-order valence-electron chi connectivity index (χ3n) is 3.03. The first-order valence-electron chi connectivity index (χ1n) is 7.74. The first-order chi connectivity index (χ1) is 10.3. The molecule has 1 unspecified atom stereocenters. The van der Waals surface area contributed by atoms with E-state index in [1.54, 1.807) is 0 Å². The van der Waals surface area contributed by atoms with Gasteiger partial charge in [0.05, 0.1) is 0 Å². The molecular formula is C15H29N5S. The highest BCUT2D eigenvalue weighted by Crippen LogP contribution is 2.00. The largest absolute Gasteiger partial charge is 0.357 e. The van der Waals surface area contributed by atoms with Crippen LogP contribution in [0.4, 0.5) is 0 Å². The minimum Gasteiger partial charge on any atom is -0.357 e. The molecule has 2 N–H and O–H groups in total. The fraction of sp³-hybridized carbons (Fsp3) is 0.733. The number of hydrogen-bond donors (Lipinski definition) is 2. The van der Waals surface area contributed by atoms with E-state index in [1.165, 1.54) is 18.6 Å². The molecular weight excluding hydrogens is 282 g/mol. The van der Waals surface area contributed by atoms with Crippen molar-refractivity contribution in [3.05, 3.63) is 18.5 Å². The third-order valence-corrected chi connectivity index (χ3v) is 3.73. The van der Waals surface area contributed by atoms with Crippen molar-refractivity contribution in [1.29, 1.82) is 0 Å². The van der Waals surface area contributed by atoms with Gasteiger partial charge in [0.2, 0.25) is 0 Å². The van der Waals surface area contributed by atoms with Crippen LogP contribution in [-0.2, 0) is 6.54 Å². The van der Waals surface area contributed by atoms with E-state index in [2.05, 4.69) is 40.8 Å². The third kappa shape index (κ3) is 8.65. The molecule has 1 rings (SSSR count). The zero-order chi connectivity index (χ0) is 15.3. The van der Waals surface area contributed by atoms with Crippen molar-refractivity contribution in [3.8, 4) is 0 Å². The van der Waals surface area contributed by atoms with Gasteiger partial charge < -0.3 is 10.6 Å². The summed E-state index contributed by atoms with van der Waals surface area (Å²) >= 11 is 1.90. The number of rotatable bonds is 10. The average Bonchev–Trinajstić information content (AvgIpc) is 2.97. The van der Waals surface area contributed by atoms with Gasteiger partial charge in [-0.1, -0.05) is 6.92 Å². The Morgan fingerprint density at radius 3 is 2.90 bits per heavy atom. The second-order valence-electron chi connectivity index (χ2n) is 5.18. The number of nitrogens with zero attached hydrogens (tertiary/aromatic N) is 3. The second-order valence-corrected chi connectivity index (χ2v) is 6.17. The molecule has 0 radical (unpaired) electrons. The van der Waals surface area contributed by atoms with Crippen LogP contribution in [0.15, 0.2) is 23.5 Å². The Hall–Kier alpha value is -1.17. The number of guanidine groups is 1. The molecule has 120 valence electrons. The van der Waals surface area contributed by atoms with E-state index < -0.39 is 0 Å². The van der Waals surface area contributed by atoms with Crippen LogP contribution in [0.5, 0.6) is 0 Å². The van der Waals surface area contributed by atoms with Gasteiger partial charge in [0.1, 0.15) is 0 Å². The Morgan fingerprint density at radius 2 is 2.24 bits per heavy atom. The van der Waals surface area contributed by atoms with Crippen LogP contribution in [0.3, 0.4) is 0 Å². The molecule has 1 atom stereocenters. The van der Waals surface area contributed by atoms with Crippen molar-refractivity contribution in [2.24, 2.45) is 10.9 Å². The van der Waals surface area contributed by atoms with Gasteiger partial charge >= 0.3 is 0 Å². The molecule has 1 aromatic heterocycles. The van der Waals surface area contributed by atoms with Crippen LogP contribution in [0.2, 0.25) is 0 Å². The standard InChI is InChI=1S/C15H29N5S/c1-4-16-15(17-8-5-6-11-21-3)18-12-14(2)13-20-10-7-9-19-20/h7,9-10,14H,4-6,8,11-13H2,1-3H3,(H2,16,17,18). The zero-order valence-corrected chi connectivity index (χ0v) is 14.3. The summed E-state index contributed by atoms with van der Waals surface area (Å²) in [6, 6.07) is 1.95. The van der Waals surface area contributed by atoms with Crippen molar-refractivity contribution in [2.75, 3.05) is 31.6 Å². The molecule has 0 fully saturated rings. The van der Waals surface area contributed by atoms with E-state index in [-0.39, 0.29) is 0 Å². The highest BCUT2D eigenvalue weighted by molar-refractivity contribution is 7.98. The lowest BCUT2D eigenvalue weighted by Gasteiger charge is -2.13. The lowest BCUT2D eigenvalue weighted by molar-refractivity contribution is 0.458. The number of hydrogen-bond acceptors (Lipinski definition) is 3. The average molecular weight is 311 g/mol. The van der Waals surface area contributed by atoms with Gasteiger partial charge in [-0.3, -0.25) is 9.67 Å². The maximum absolute atomic E-state index is 4.66. The van der Waals surface area contributed by atoms with Gasteiger partial charge in [-0.25, -0.2) is 0 Å². The molecule has 0 aromatic carbocycles. The predicted molar refractivity (Wildman–Crippen MR) is 93.0 cm³/mol. The minimum atomic E-state index is 0.469. The maximum atomic E-state index is 4.66. The van der Waals surface area contributed by atoms with E-state index in [4.69, 9.17) is 0 Å². The summed E-state index contributed by atoms with van der Waals surface area (Å²) in [5.41, 5.74) is 0. The van der Waals surface area contributed by atoms with E-state index in [0.717, 1.165) is 32.1 Å². The highest BCUT2D eigenvalue weighted by Gasteiger charge is 2.04. The SMILES string of the molecule is CCNC(=NCC(C)Cn1cccn1)NCCCCSC. The molecule has 1 aromatic rings.